The molecular formula is C33H61NO8. The lowest BCUT2D eigenvalue weighted by atomic mass is 10.1. The lowest BCUT2D eigenvalue weighted by molar-refractivity contribution is -0.177. The number of nitrogens with zero attached hydrogens (tertiary/aromatic N) is 1. The molecule has 1 N–H and O–H groups in total. The van der Waals surface area contributed by atoms with E-state index in [1.165, 1.54) is 77.0 Å². The summed E-state index contributed by atoms with van der Waals surface area (Å²) in [5, 5.41) is 10.5. The van der Waals surface area contributed by atoms with Crippen molar-refractivity contribution in [2.75, 3.05) is 27.2 Å². The van der Waals surface area contributed by atoms with E-state index in [4.69, 9.17) is 18.9 Å². The zero-order valence-corrected chi connectivity index (χ0v) is 27.1. The molecule has 9 nitrogen and oxygen atoms in total. The Bertz CT molecular complexity index is 716. The van der Waals surface area contributed by atoms with E-state index in [2.05, 4.69) is 13.8 Å². The van der Waals surface area contributed by atoms with Gasteiger partial charge >= 0.3 is 17.9 Å². The Labute approximate surface area is 255 Å². The average Bonchev–Trinajstić information content (AvgIpc) is 3.22. The number of ether oxygens (including phenoxy) is 4. The summed E-state index contributed by atoms with van der Waals surface area (Å²) in [6.07, 6.45) is 16.2. The molecule has 1 aliphatic rings. The predicted molar refractivity (Wildman–Crippen MR) is 164 cm³/mol. The van der Waals surface area contributed by atoms with Gasteiger partial charge in [-0.3, -0.25) is 19.3 Å². The molecule has 1 fully saturated rings. The van der Waals surface area contributed by atoms with Gasteiger partial charge in [0.2, 0.25) is 0 Å². The van der Waals surface area contributed by atoms with Crippen LogP contribution in [0.4, 0.5) is 0 Å². The number of likely N-dealkylation sites (N-methyl/N-ethyl adjacent to an activating group) is 1. The number of aliphatic hydroxyl groups excluding tert-OH is 1. The molecule has 0 saturated carbocycles. The highest BCUT2D eigenvalue weighted by Gasteiger charge is 2.49. The molecule has 0 aromatic rings. The molecule has 0 aromatic heterocycles. The van der Waals surface area contributed by atoms with E-state index in [9.17, 15) is 19.5 Å². The van der Waals surface area contributed by atoms with Crippen molar-refractivity contribution < 1.29 is 38.4 Å². The van der Waals surface area contributed by atoms with Gasteiger partial charge in [0.25, 0.3) is 0 Å². The van der Waals surface area contributed by atoms with Crippen LogP contribution < -0.4 is 0 Å². The van der Waals surface area contributed by atoms with Gasteiger partial charge in [0, 0.05) is 12.8 Å². The van der Waals surface area contributed by atoms with Crippen LogP contribution in [0.1, 0.15) is 142 Å². The summed E-state index contributed by atoms with van der Waals surface area (Å²) in [6, 6.07) is 0. The van der Waals surface area contributed by atoms with Crippen molar-refractivity contribution in [3.63, 3.8) is 0 Å². The van der Waals surface area contributed by atoms with Gasteiger partial charge in [0.15, 0.2) is 18.5 Å². The Morgan fingerprint density at radius 3 is 1.45 bits per heavy atom. The number of rotatable bonds is 26. The van der Waals surface area contributed by atoms with Crippen molar-refractivity contribution in [3.05, 3.63) is 0 Å². The molecule has 1 saturated heterocycles. The lowest BCUT2D eigenvalue weighted by Crippen LogP contribution is -2.42. The first kappa shape index (κ1) is 38.3. The maximum absolute atomic E-state index is 12.7. The SMILES string of the molecule is CCCCCCCCCCCC(=O)O[C@@H]1[C@H](OC(=O)CCCCCCCCCCC)[C@H](O)O[C@@H]1COC(=O)CN(C)C. The largest absolute Gasteiger partial charge is 0.462 e. The van der Waals surface area contributed by atoms with Gasteiger partial charge in [0.1, 0.15) is 12.7 Å². The minimum Gasteiger partial charge on any atom is -0.462 e. The average molecular weight is 600 g/mol. The molecule has 1 heterocycles. The van der Waals surface area contributed by atoms with E-state index < -0.39 is 42.5 Å². The van der Waals surface area contributed by atoms with Crippen LogP contribution in [0, 0.1) is 0 Å². The fourth-order valence-electron chi connectivity index (χ4n) is 5.17. The number of hydrogen-bond acceptors (Lipinski definition) is 9. The van der Waals surface area contributed by atoms with Gasteiger partial charge in [-0.25, -0.2) is 0 Å². The first-order valence-electron chi connectivity index (χ1n) is 16.8. The van der Waals surface area contributed by atoms with Crippen molar-refractivity contribution in [1.82, 2.24) is 4.90 Å². The van der Waals surface area contributed by atoms with Crippen LogP contribution in [0.3, 0.4) is 0 Å². The Kier molecular flexibility index (Phi) is 22.5. The number of unbranched alkanes of at least 4 members (excludes halogenated alkanes) is 16. The zero-order valence-electron chi connectivity index (χ0n) is 27.1. The molecule has 0 bridgehead atoms. The summed E-state index contributed by atoms with van der Waals surface area (Å²) in [4.78, 5) is 39.1. The first-order valence-corrected chi connectivity index (χ1v) is 16.8. The van der Waals surface area contributed by atoms with Gasteiger partial charge < -0.3 is 24.1 Å². The highest BCUT2D eigenvalue weighted by Crippen LogP contribution is 2.27. The van der Waals surface area contributed by atoms with Crippen LogP contribution in [-0.4, -0.2) is 79.8 Å². The molecule has 0 aromatic carbocycles. The molecule has 0 spiro atoms. The van der Waals surface area contributed by atoms with E-state index in [1.54, 1.807) is 19.0 Å². The highest BCUT2D eigenvalue weighted by molar-refractivity contribution is 5.72. The van der Waals surface area contributed by atoms with Crippen molar-refractivity contribution in [2.24, 2.45) is 0 Å². The quantitative estimate of drug-likeness (QED) is 0.0679. The summed E-state index contributed by atoms with van der Waals surface area (Å²) in [5.74, 6) is -1.37. The highest BCUT2D eigenvalue weighted by atomic mass is 16.7. The fraction of sp³-hybridized carbons (Fsp3) is 0.909. The molecule has 4 atom stereocenters. The third-order valence-electron chi connectivity index (χ3n) is 7.64. The monoisotopic (exact) mass is 599 g/mol. The van der Waals surface area contributed by atoms with Crippen LogP contribution in [0.5, 0.6) is 0 Å². The van der Waals surface area contributed by atoms with Crippen LogP contribution in [-0.2, 0) is 33.3 Å². The Morgan fingerprint density at radius 1 is 0.619 bits per heavy atom. The second kappa shape index (κ2) is 24.7. The number of carbonyl (C=O) groups excluding carboxylic acids is 3. The molecule has 0 unspecified atom stereocenters. The Morgan fingerprint density at radius 2 is 1.02 bits per heavy atom. The van der Waals surface area contributed by atoms with Gasteiger partial charge in [-0.1, -0.05) is 117 Å². The van der Waals surface area contributed by atoms with Crippen molar-refractivity contribution in [1.29, 1.82) is 0 Å². The van der Waals surface area contributed by atoms with Crippen LogP contribution >= 0.6 is 0 Å². The van der Waals surface area contributed by atoms with Gasteiger partial charge in [-0.05, 0) is 26.9 Å². The zero-order chi connectivity index (χ0) is 31.0. The van der Waals surface area contributed by atoms with E-state index in [0.717, 1.165) is 25.7 Å². The second-order valence-electron chi connectivity index (χ2n) is 12.1. The standard InChI is InChI=1S/C33H61NO8/c1-5-7-9-11-13-15-17-19-21-23-28(35)41-31-27(26-39-30(37)25-34(3)4)40-33(38)32(31)42-29(36)24-22-20-18-16-14-12-10-8-6-2/h27,31-33,38H,5-26H2,1-4H3/t27-,31+,32+,33-/m1/s1. The Balaban J connectivity index is 2.53. The summed E-state index contributed by atoms with van der Waals surface area (Å²) in [7, 11) is 3.49. The van der Waals surface area contributed by atoms with Crippen LogP contribution in [0.25, 0.3) is 0 Å². The second-order valence-corrected chi connectivity index (χ2v) is 12.1. The van der Waals surface area contributed by atoms with E-state index in [0.29, 0.717) is 12.8 Å². The van der Waals surface area contributed by atoms with Gasteiger partial charge in [-0.15, -0.1) is 0 Å². The number of carbonyl (C=O) groups is 3. The van der Waals surface area contributed by atoms with E-state index >= 15 is 0 Å². The summed E-state index contributed by atoms with van der Waals surface area (Å²) < 4.78 is 22.1. The molecule has 0 aliphatic carbocycles. The molecule has 0 amide bonds. The molecule has 0 radical (unpaired) electrons. The first-order chi connectivity index (χ1) is 20.3. The maximum Gasteiger partial charge on any atom is 0.320 e. The van der Waals surface area contributed by atoms with Crippen LogP contribution in [0.2, 0.25) is 0 Å². The smallest absolute Gasteiger partial charge is 0.320 e. The van der Waals surface area contributed by atoms with Crippen molar-refractivity contribution >= 4 is 17.9 Å². The normalized spacial score (nSPS) is 20.1. The van der Waals surface area contributed by atoms with Gasteiger partial charge in [-0.2, -0.15) is 0 Å². The minimum atomic E-state index is -1.47. The molecule has 9 heteroatoms. The fourth-order valence-corrected chi connectivity index (χ4v) is 5.17. The summed E-state index contributed by atoms with van der Waals surface area (Å²) >= 11 is 0. The molecule has 246 valence electrons. The third kappa shape index (κ3) is 18.7. The summed E-state index contributed by atoms with van der Waals surface area (Å²) in [6.45, 7) is 4.28. The molecule has 1 aliphatic heterocycles. The molecule has 1 rings (SSSR count). The topological polar surface area (TPSA) is 112 Å². The molecular weight excluding hydrogens is 538 g/mol. The molecule has 42 heavy (non-hydrogen) atoms. The predicted octanol–water partition coefficient (Wildman–Crippen LogP) is 6.47. The van der Waals surface area contributed by atoms with E-state index in [-0.39, 0.29) is 26.0 Å². The van der Waals surface area contributed by atoms with Gasteiger partial charge in [0.05, 0.1) is 6.54 Å². The lowest BCUT2D eigenvalue weighted by Gasteiger charge is -2.23. The van der Waals surface area contributed by atoms with Crippen LogP contribution in [0.15, 0.2) is 0 Å². The number of hydrogen-bond donors (Lipinski definition) is 1. The maximum atomic E-state index is 12.7. The summed E-state index contributed by atoms with van der Waals surface area (Å²) in [5.41, 5.74) is 0. The number of esters is 3. The van der Waals surface area contributed by atoms with Crippen molar-refractivity contribution in [3.8, 4) is 0 Å². The number of aliphatic hydroxyl groups is 1. The minimum absolute atomic E-state index is 0.0789. The third-order valence-corrected chi connectivity index (χ3v) is 7.64. The Hall–Kier alpha value is -1.71. The van der Waals surface area contributed by atoms with E-state index in [1.807, 2.05) is 0 Å². The van der Waals surface area contributed by atoms with Crippen molar-refractivity contribution in [2.45, 2.75) is 167 Å².